The summed E-state index contributed by atoms with van der Waals surface area (Å²) < 4.78 is 6.25. The van der Waals surface area contributed by atoms with Crippen molar-refractivity contribution in [3.8, 4) is 5.75 Å². The minimum Gasteiger partial charge on any atom is -0.490 e. The zero-order chi connectivity index (χ0) is 25.5. The molecule has 4 heterocycles. The highest BCUT2D eigenvalue weighted by Gasteiger charge is 2.47. The molecule has 3 atom stereocenters. The maximum Gasteiger partial charge on any atom is 0.327 e. The fourth-order valence-corrected chi connectivity index (χ4v) is 7.40. The molecule has 196 valence electrons. The topological polar surface area (TPSA) is 86.8 Å². The Morgan fingerprint density at radius 1 is 1.14 bits per heavy atom. The van der Waals surface area contributed by atoms with Crippen LogP contribution in [0.4, 0.5) is 16.2 Å². The van der Waals surface area contributed by atoms with Gasteiger partial charge in [-0.2, -0.15) is 0 Å². The van der Waals surface area contributed by atoms with E-state index in [-0.39, 0.29) is 24.1 Å². The van der Waals surface area contributed by atoms with Crippen molar-refractivity contribution in [2.45, 2.75) is 80.3 Å². The SMILES string of the molecule is Cc1cc(OC2CCCCC2)ccc1N1C(=O)NC2c3c1ccnc3S[C@H]2C(=O)NC1CCCN(C)C1. The van der Waals surface area contributed by atoms with Gasteiger partial charge >= 0.3 is 6.03 Å². The molecule has 1 aromatic carbocycles. The lowest BCUT2D eigenvalue weighted by Crippen LogP contribution is -2.52. The van der Waals surface area contributed by atoms with Crippen LogP contribution in [0.5, 0.6) is 5.75 Å². The normalized spacial score (nSPS) is 25.9. The summed E-state index contributed by atoms with van der Waals surface area (Å²) in [6, 6.07) is 7.34. The van der Waals surface area contributed by atoms with Crippen LogP contribution in [0.1, 0.15) is 62.1 Å². The Labute approximate surface area is 222 Å². The van der Waals surface area contributed by atoms with E-state index in [1.165, 1.54) is 31.0 Å². The molecule has 2 N–H and O–H groups in total. The van der Waals surface area contributed by atoms with Crippen molar-refractivity contribution in [2.24, 2.45) is 0 Å². The summed E-state index contributed by atoms with van der Waals surface area (Å²) in [5.41, 5.74) is 3.50. The number of pyridine rings is 1. The molecule has 1 saturated heterocycles. The van der Waals surface area contributed by atoms with Crippen molar-refractivity contribution >= 4 is 35.1 Å². The summed E-state index contributed by atoms with van der Waals surface area (Å²) in [7, 11) is 2.08. The van der Waals surface area contributed by atoms with Crippen LogP contribution >= 0.6 is 11.8 Å². The van der Waals surface area contributed by atoms with E-state index in [1.54, 1.807) is 11.1 Å². The van der Waals surface area contributed by atoms with Crippen LogP contribution in [0, 0.1) is 6.92 Å². The Bertz CT molecular complexity index is 1200. The number of likely N-dealkylation sites (tertiary alicyclic amines) is 1. The van der Waals surface area contributed by atoms with Gasteiger partial charge in [-0.15, -0.1) is 0 Å². The Morgan fingerprint density at radius 3 is 2.76 bits per heavy atom. The van der Waals surface area contributed by atoms with Crippen LogP contribution in [0.25, 0.3) is 0 Å². The molecule has 2 aromatic rings. The molecular formula is C28H35N5O3S. The monoisotopic (exact) mass is 521 g/mol. The second kappa shape index (κ2) is 10.2. The number of piperidine rings is 1. The highest BCUT2D eigenvalue weighted by atomic mass is 32.2. The molecule has 2 unspecified atom stereocenters. The number of thioether (sulfide) groups is 1. The zero-order valence-electron chi connectivity index (χ0n) is 21.5. The van der Waals surface area contributed by atoms with Crippen LogP contribution in [0.3, 0.4) is 0 Å². The molecule has 3 aliphatic heterocycles. The van der Waals surface area contributed by atoms with Gasteiger partial charge in [0.1, 0.15) is 16.0 Å². The van der Waals surface area contributed by atoms with E-state index in [2.05, 4.69) is 27.6 Å². The van der Waals surface area contributed by atoms with E-state index in [0.717, 1.165) is 72.0 Å². The highest BCUT2D eigenvalue weighted by Crippen LogP contribution is 2.51. The van der Waals surface area contributed by atoms with Gasteiger partial charge in [-0.3, -0.25) is 9.69 Å². The van der Waals surface area contributed by atoms with E-state index in [0.29, 0.717) is 0 Å². The van der Waals surface area contributed by atoms with Crippen molar-refractivity contribution in [3.63, 3.8) is 0 Å². The molecule has 0 spiro atoms. The van der Waals surface area contributed by atoms with Gasteiger partial charge < -0.3 is 20.3 Å². The molecule has 2 fully saturated rings. The van der Waals surface area contributed by atoms with Crippen LogP contribution in [-0.2, 0) is 4.79 Å². The van der Waals surface area contributed by atoms with Crippen LogP contribution in [-0.4, -0.2) is 59.4 Å². The van der Waals surface area contributed by atoms with Gasteiger partial charge in [0, 0.05) is 24.3 Å². The molecule has 8 nitrogen and oxygen atoms in total. The van der Waals surface area contributed by atoms with Crippen molar-refractivity contribution < 1.29 is 14.3 Å². The number of benzene rings is 1. The van der Waals surface area contributed by atoms with Gasteiger partial charge in [-0.05, 0) is 88.9 Å². The fourth-order valence-electron chi connectivity index (χ4n) is 6.16. The first-order valence-electron chi connectivity index (χ1n) is 13.5. The average Bonchev–Trinajstić information content (AvgIpc) is 3.25. The van der Waals surface area contributed by atoms with Crippen LogP contribution < -0.4 is 20.3 Å². The van der Waals surface area contributed by atoms with E-state index >= 15 is 0 Å². The Balaban J connectivity index is 1.24. The number of rotatable bonds is 5. The second-order valence-corrected chi connectivity index (χ2v) is 11.9. The van der Waals surface area contributed by atoms with E-state index < -0.39 is 11.3 Å². The highest BCUT2D eigenvalue weighted by molar-refractivity contribution is 8.01. The maximum absolute atomic E-state index is 13.5. The predicted molar refractivity (Wildman–Crippen MR) is 145 cm³/mol. The number of carbonyl (C=O) groups excluding carboxylic acids is 2. The van der Waals surface area contributed by atoms with Crippen LogP contribution in [0.15, 0.2) is 35.5 Å². The first-order valence-corrected chi connectivity index (χ1v) is 14.4. The number of amides is 3. The predicted octanol–water partition coefficient (Wildman–Crippen LogP) is 4.69. The van der Waals surface area contributed by atoms with Gasteiger partial charge in [-0.25, -0.2) is 9.78 Å². The van der Waals surface area contributed by atoms with Crippen molar-refractivity contribution in [3.05, 3.63) is 41.6 Å². The molecule has 1 aromatic heterocycles. The summed E-state index contributed by atoms with van der Waals surface area (Å²) in [5.74, 6) is 0.817. The first kappa shape index (κ1) is 24.6. The van der Waals surface area contributed by atoms with E-state index in [1.807, 2.05) is 31.2 Å². The minimum absolute atomic E-state index is 0.0339. The van der Waals surface area contributed by atoms with Gasteiger partial charge in [-0.1, -0.05) is 18.2 Å². The quantitative estimate of drug-likeness (QED) is 0.594. The van der Waals surface area contributed by atoms with Crippen molar-refractivity contribution in [1.82, 2.24) is 20.5 Å². The molecule has 0 radical (unpaired) electrons. The third-order valence-electron chi connectivity index (χ3n) is 8.00. The number of aryl methyl sites for hydroxylation is 1. The number of nitrogens with one attached hydrogen (secondary N) is 2. The van der Waals surface area contributed by atoms with Crippen molar-refractivity contribution in [2.75, 3.05) is 25.0 Å². The van der Waals surface area contributed by atoms with Gasteiger partial charge in [0.2, 0.25) is 5.91 Å². The van der Waals surface area contributed by atoms with E-state index in [4.69, 9.17) is 4.74 Å². The molecule has 9 heteroatoms. The lowest BCUT2D eigenvalue weighted by molar-refractivity contribution is -0.122. The molecular weight excluding hydrogens is 486 g/mol. The number of ether oxygens (including phenoxy) is 1. The van der Waals surface area contributed by atoms with Gasteiger partial charge in [0.25, 0.3) is 0 Å². The number of urea groups is 1. The Hall–Kier alpha value is -2.78. The molecule has 3 amide bonds. The summed E-state index contributed by atoms with van der Waals surface area (Å²) in [6.45, 7) is 3.92. The Morgan fingerprint density at radius 2 is 1.97 bits per heavy atom. The largest absolute Gasteiger partial charge is 0.490 e. The fraction of sp³-hybridized carbons (Fsp3) is 0.536. The molecule has 1 aliphatic carbocycles. The number of aromatic nitrogens is 1. The second-order valence-electron chi connectivity index (χ2n) is 10.8. The first-order chi connectivity index (χ1) is 18.0. The third kappa shape index (κ3) is 4.79. The number of hydrogen-bond acceptors (Lipinski definition) is 6. The molecule has 1 saturated carbocycles. The molecule has 37 heavy (non-hydrogen) atoms. The zero-order valence-corrected chi connectivity index (χ0v) is 22.4. The van der Waals surface area contributed by atoms with Gasteiger partial charge in [0.05, 0.1) is 23.5 Å². The number of carbonyl (C=O) groups is 2. The summed E-state index contributed by atoms with van der Waals surface area (Å²) in [5, 5.41) is 6.74. The number of nitrogens with zero attached hydrogens (tertiary/aromatic N) is 3. The third-order valence-corrected chi connectivity index (χ3v) is 9.29. The smallest absolute Gasteiger partial charge is 0.327 e. The number of hydrogen-bond donors (Lipinski definition) is 2. The van der Waals surface area contributed by atoms with Crippen molar-refractivity contribution in [1.29, 1.82) is 0 Å². The van der Waals surface area contributed by atoms with E-state index in [9.17, 15) is 9.59 Å². The maximum atomic E-state index is 13.5. The Kier molecular flexibility index (Phi) is 6.75. The lowest BCUT2D eigenvalue weighted by Gasteiger charge is -2.35. The summed E-state index contributed by atoms with van der Waals surface area (Å²) in [6.07, 6.45) is 9.99. The number of anilines is 2. The average molecular weight is 522 g/mol. The summed E-state index contributed by atoms with van der Waals surface area (Å²) in [4.78, 5) is 35.4. The molecule has 6 rings (SSSR count). The molecule has 0 bridgehead atoms. The lowest BCUT2D eigenvalue weighted by atomic mass is 9.97. The summed E-state index contributed by atoms with van der Waals surface area (Å²) >= 11 is 1.45. The minimum atomic E-state index is -0.436. The molecule has 4 aliphatic rings. The standard InChI is InChI=1S/C28H35N5O3S/c1-17-15-20(36-19-8-4-3-5-9-19)10-11-21(17)33-22-12-13-29-27-23(22)24(31-28(33)35)25(37-27)26(34)30-18-7-6-14-32(2)16-18/h10-13,15,18-19,24-25H,3-9,14,16H2,1-2H3,(H,30,34)(H,31,35)/t18?,24?,25-/m1/s1. The number of likely N-dealkylation sites (N-methyl/N-ethyl adjacent to an activating group) is 1. The van der Waals surface area contributed by atoms with Gasteiger partial charge in [0.15, 0.2) is 0 Å². The van der Waals surface area contributed by atoms with Crippen LogP contribution in [0.2, 0.25) is 0 Å².